The van der Waals surface area contributed by atoms with Crippen molar-refractivity contribution in [2.45, 2.75) is 0 Å². The van der Waals surface area contributed by atoms with Crippen molar-refractivity contribution in [3.63, 3.8) is 0 Å². The van der Waals surface area contributed by atoms with Gasteiger partial charge in [0.05, 0.1) is 5.56 Å². The molecule has 1 aromatic carbocycles. The summed E-state index contributed by atoms with van der Waals surface area (Å²) in [4.78, 5) is 26.0. The zero-order valence-electron chi connectivity index (χ0n) is 16.2. The minimum Gasteiger partial charge on any atom is -0.368 e. The van der Waals surface area contributed by atoms with Gasteiger partial charge in [0, 0.05) is 64.2 Å². The number of likely N-dealkylation sites (N-methyl/N-ethyl adjacent to an activating group) is 1. The molecule has 2 saturated heterocycles. The Labute approximate surface area is 165 Å². The van der Waals surface area contributed by atoms with Crippen molar-refractivity contribution in [1.29, 1.82) is 0 Å². The molecule has 1 aromatic heterocycles. The summed E-state index contributed by atoms with van der Waals surface area (Å²) in [7, 11) is 2.13. The van der Waals surface area contributed by atoms with Gasteiger partial charge >= 0.3 is 0 Å². The molecule has 0 atom stereocenters. The van der Waals surface area contributed by atoms with Crippen LogP contribution in [0.4, 0.5) is 15.9 Å². The van der Waals surface area contributed by atoms with E-state index in [1.54, 1.807) is 18.3 Å². The molecule has 0 unspecified atom stereocenters. The summed E-state index contributed by atoms with van der Waals surface area (Å²) in [5.74, 6) is 0.729. The first-order chi connectivity index (χ1) is 13.6. The third-order valence-electron chi connectivity index (χ3n) is 5.58. The summed E-state index contributed by atoms with van der Waals surface area (Å²) in [5, 5.41) is 0. The fourth-order valence-corrected chi connectivity index (χ4v) is 3.74. The molecule has 2 aliphatic heterocycles. The highest BCUT2D eigenvalue weighted by molar-refractivity contribution is 5.94. The average molecular weight is 383 g/mol. The maximum absolute atomic E-state index is 13.1. The molecule has 1 amide bonds. The van der Waals surface area contributed by atoms with E-state index in [1.807, 2.05) is 17.0 Å². The molecule has 0 bridgehead atoms. The van der Waals surface area contributed by atoms with Gasteiger partial charge in [-0.2, -0.15) is 0 Å². The second kappa shape index (κ2) is 8.14. The molecule has 2 aromatic rings. The van der Waals surface area contributed by atoms with Crippen molar-refractivity contribution in [2.75, 3.05) is 69.2 Å². The first-order valence-electron chi connectivity index (χ1n) is 9.79. The zero-order valence-corrected chi connectivity index (χ0v) is 16.2. The lowest BCUT2D eigenvalue weighted by molar-refractivity contribution is 0.0746. The Morgan fingerprint density at radius 3 is 2.11 bits per heavy atom. The van der Waals surface area contributed by atoms with E-state index in [2.05, 4.69) is 26.7 Å². The van der Waals surface area contributed by atoms with Gasteiger partial charge in [0.2, 0.25) is 0 Å². The third kappa shape index (κ3) is 4.09. The summed E-state index contributed by atoms with van der Waals surface area (Å²) in [6.45, 7) is 6.76. The first-order valence-corrected chi connectivity index (χ1v) is 9.79. The van der Waals surface area contributed by atoms with Crippen LogP contribution in [0.2, 0.25) is 0 Å². The molecule has 28 heavy (non-hydrogen) atoms. The summed E-state index contributed by atoms with van der Waals surface area (Å²) in [6.07, 6.45) is 1.70. The Morgan fingerprint density at radius 1 is 0.857 bits per heavy atom. The quantitative estimate of drug-likeness (QED) is 0.810. The largest absolute Gasteiger partial charge is 0.368 e. The lowest BCUT2D eigenvalue weighted by Crippen LogP contribution is -2.48. The number of hydrogen-bond acceptors (Lipinski definition) is 5. The number of carbonyl (C=O) groups excluding carboxylic acids is 1. The van der Waals surface area contributed by atoms with Gasteiger partial charge in [0.1, 0.15) is 11.6 Å². The third-order valence-corrected chi connectivity index (χ3v) is 5.58. The van der Waals surface area contributed by atoms with Crippen molar-refractivity contribution in [1.82, 2.24) is 14.8 Å². The van der Waals surface area contributed by atoms with Crippen LogP contribution in [0.25, 0.3) is 0 Å². The van der Waals surface area contributed by atoms with E-state index in [0.29, 0.717) is 18.7 Å². The number of nitrogens with zero attached hydrogens (tertiary/aromatic N) is 5. The number of halogens is 1. The minimum atomic E-state index is -0.231. The van der Waals surface area contributed by atoms with Crippen molar-refractivity contribution < 1.29 is 9.18 Å². The number of carbonyl (C=O) groups is 1. The van der Waals surface area contributed by atoms with Gasteiger partial charge in [-0.3, -0.25) is 4.79 Å². The highest BCUT2D eigenvalue weighted by atomic mass is 19.1. The Morgan fingerprint density at radius 2 is 1.50 bits per heavy atom. The molecule has 7 heteroatoms. The molecule has 148 valence electrons. The maximum atomic E-state index is 13.1. The van der Waals surface area contributed by atoms with E-state index in [9.17, 15) is 9.18 Å². The molecule has 3 heterocycles. The number of aromatic nitrogens is 1. The van der Waals surface area contributed by atoms with Crippen molar-refractivity contribution >= 4 is 17.4 Å². The van der Waals surface area contributed by atoms with Crippen molar-refractivity contribution in [3.05, 3.63) is 54.0 Å². The minimum absolute atomic E-state index is 0.0242. The second-order valence-corrected chi connectivity index (χ2v) is 7.45. The molecule has 0 aliphatic carbocycles. The number of pyridine rings is 1. The van der Waals surface area contributed by atoms with Crippen LogP contribution in [0, 0.1) is 5.82 Å². The topological polar surface area (TPSA) is 42.9 Å². The number of piperazine rings is 2. The van der Waals surface area contributed by atoms with Crippen LogP contribution in [0.3, 0.4) is 0 Å². The SMILES string of the molecule is CN1CCN(c2ccc(C(=O)N3CCN(c4ccc(F)cc4)CC3)cn2)CC1. The summed E-state index contributed by atoms with van der Waals surface area (Å²) >= 11 is 0. The van der Waals surface area contributed by atoms with E-state index in [4.69, 9.17) is 0 Å². The molecule has 0 radical (unpaired) electrons. The number of benzene rings is 1. The number of amides is 1. The van der Waals surface area contributed by atoms with Crippen molar-refractivity contribution in [3.8, 4) is 0 Å². The highest BCUT2D eigenvalue weighted by Gasteiger charge is 2.23. The molecule has 2 fully saturated rings. The smallest absolute Gasteiger partial charge is 0.255 e. The van der Waals surface area contributed by atoms with E-state index in [1.165, 1.54) is 12.1 Å². The van der Waals surface area contributed by atoms with Crippen LogP contribution in [-0.2, 0) is 0 Å². The van der Waals surface area contributed by atoms with Gasteiger partial charge < -0.3 is 19.6 Å². The number of hydrogen-bond donors (Lipinski definition) is 0. The van der Waals surface area contributed by atoms with Gasteiger partial charge in [-0.1, -0.05) is 0 Å². The molecular formula is C21H26FN5O. The fourth-order valence-electron chi connectivity index (χ4n) is 3.74. The Bertz CT molecular complexity index is 795. The molecular weight excluding hydrogens is 357 g/mol. The van der Waals surface area contributed by atoms with Crippen LogP contribution in [0.15, 0.2) is 42.6 Å². The van der Waals surface area contributed by atoms with Gasteiger partial charge in [-0.15, -0.1) is 0 Å². The average Bonchev–Trinajstić information content (AvgIpc) is 2.75. The Kier molecular flexibility index (Phi) is 5.43. The second-order valence-electron chi connectivity index (χ2n) is 7.45. The van der Waals surface area contributed by atoms with Crippen LogP contribution >= 0.6 is 0 Å². The van der Waals surface area contributed by atoms with Crippen LogP contribution in [-0.4, -0.2) is 80.1 Å². The van der Waals surface area contributed by atoms with Crippen LogP contribution in [0.5, 0.6) is 0 Å². The van der Waals surface area contributed by atoms with E-state index >= 15 is 0 Å². The van der Waals surface area contributed by atoms with Crippen LogP contribution < -0.4 is 9.80 Å². The normalized spacial score (nSPS) is 18.4. The summed E-state index contributed by atoms with van der Waals surface area (Å²) < 4.78 is 13.1. The molecule has 0 spiro atoms. The van der Waals surface area contributed by atoms with E-state index < -0.39 is 0 Å². The molecule has 2 aliphatic rings. The standard InChI is InChI=1S/C21H26FN5O/c1-24-8-10-26(11-9-24)20-7-2-17(16-23-20)21(28)27-14-12-25(13-15-27)19-5-3-18(22)4-6-19/h2-7,16H,8-15H2,1H3. The number of rotatable bonds is 3. The summed E-state index contributed by atoms with van der Waals surface area (Å²) in [5.41, 5.74) is 1.62. The van der Waals surface area contributed by atoms with Gasteiger partial charge in [-0.05, 0) is 43.4 Å². The highest BCUT2D eigenvalue weighted by Crippen LogP contribution is 2.19. The Balaban J connectivity index is 1.34. The zero-order chi connectivity index (χ0) is 19.5. The van der Waals surface area contributed by atoms with Crippen molar-refractivity contribution in [2.24, 2.45) is 0 Å². The fraction of sp³-hybridized carbons (Fsp3) is 0.429. The molecule has 4 rings (SSSR count). The monoisotopic (exact) mass is 383 g/mol. The van der Waals surface area contributed by atoms with Gasteiger partial charge in [0.25, 0.3) is 5.91 Å². The van der Waals surface area contributed by atoms with E-state index in [-0.39, 0.29) is 11.7 Å². The predicted molar refractivity (Wildman–Crippen MR) is 108 cm³/mol. The molecule has 6 nitrogen and oxygen atoms in total. The predicted octanol–water partition coefficient (Wildman–Crippen LogP) is 1.93. The van der Waals surface area contributed by atoms with Gasteiger partial charge in [-0.25, -0.2) is 9.37 Å². The maximum Gasteiger partial charge on any atom is 0.255 e. The number of anilines is 2. The lowest BCUT2D eigenvalue weighted by Gasteiger charge is -2.36. The molecule has 0 N–H and O–H groups in total. The molecule has 0 saturated carbocycles. The summed E-state index contributed by atoms with van der Waals surface area (Å²) in [6, 6.07) is 10.4. The van der Waals surface area contributed by atoms with Gasteiger partial charge in [0.15, 0.2) is 0 Å². The van der Waals surface area contributed by atoms with Crippen LogP contribution in [0.1, 0.15) is 10.4 Å². The first kappa shape index (κ1) is 18.7. The lowest BCUT2D eigenvalue weighted by atomic mass is 10.2. The Hall–Kier alpha value is -2.67. The van der Waals surface area contributed by atoms with E-state index in [0.717, 1.165) is 50.8 Å².